The smallest absolute Gasteiger partial charge is 0.252 e. The molecular weight excluding hydrogens is 555 g/mol. The van der Waals surface area contributed by atoms with Gasteiger partial charge in [0.1, 0.15) is 5.82 Å². The number of piperidine rings is 1. The van der Waals surface area contributed by atoms with Gasteiger partial charge >= 0.3 is 0 Å². The molecule has 0 atom stereocenters. The van der Waals surface area contributed by atoms with Crippen molar-refractivity contribution in [3.05, 3.63) is 93.7 Å². The number of carbonyl (C=O) groups is 1. The molecule has 0 unspecified atom stereocenters. The standard InChI is InChI=1S/C32H36Cl2N6O.H2/c33-26-7-5-23(6-8-26)22-38-13-10-27(11-14-38)39-15-17-40(18-16-39)31-29(34)19-25(21-37-31)32(41)35-12-9-24-20-36-30-4-2-1-3-28(24)30;/h1-8,19-21,27,36H,9-18,22H2,(H,35,41);1H. The number of para-hydroxylation sites is 1. The summed E-state index contributed by atoms with van der Waals surface area (Å²) >= 11 is 12.7. The summed E-state index contributed by atoms with van der Waals surface area (Å²) in [6.45, 7) is 7.52. The average Bonchev–Trinajstić information content (AvgIpc) is 3.42. The van der Waals surface area contributed by atoms with E-state index < -0.39 is 0 Å². The van der Waals surface area contributed by atoms with E-state index in [1.807, 2.05) is 30.5 Å². The molecule has 0 radical (unpaired) electrons. The Balaban J connectivity index is 0.00000353. The van der Waals surface area contributed by atoms with Gasteiger partial charge in [-0.15, -0.1) is 0 Å². The maximum absolute atomic E-state index is 12.8. The number of piperazine rings is 1. The minimum absolute atomic E-state index is 0. The first-order valence-electron chi connectivity index (χ1n) is 14.5. The molecule has 0 aliphatic carbocycles. The summed E-state index contributed by atoms with van der Waals surface area (Å²) in [5.74, 6) is 0.609. The number of benzene rings is 2. The topological polar surface area (TPSA) is 67.5 Å². The van der Waals surface area contributed by atoms with Crippen molar-refractivity contribution in [2.45, 2.75) is 31.8 Å². The normalized spacial score (nSPS) is 17.3. The molecule has 0 bridgehead atoms. The molecule has 4 aromatic rings. The Hall–Kier alpha value is -3.10. The van der Waals surface area contributed by atoms with Crippen LogP contribution in [0.15, 0.2) is 67.0 Å². The third-order valence-corrected chi connectivity index (χ3v) is 8.98. The minimum Gasteiger partial charge on any atom is -0.361 e. The van der Waals surface area contributed by atoms with E-state index in [0.717, 1.165) is 68.6 Å². The number of anilines is 1. The lowest BCUT2D eigenvalue weighted by molar-refractivity contribution is 0.0953. The molecule has 0 saturated carbocycles. The Morgan fingerprint density at radius 3 is 2.51 bits per heavy atom. The fourth-order valence-corrected chi connectivity index (χ4v) is 6.54. The van der Waals surface area contributed by atoms with Crippen LogP contribution in [0, 0.1) is 0 Å². The van der Waals surface area contributed by atoms with Gasteiger partial charge in [0.2, 0.25) is 0 Å². The molecule has 2 aliphatic rings. The van der Waals surface area contributed by atoms with Crippen molar-refractivity contribution < 1.29 is 6.22 Å². The lowest BCUT2D eigenvalue weighted by Crippen LogP contribution is -2.53. The van der Waals surface area contributed by atoms with Crippen LogP contribution < -0.4 is 10.2 Å². The molecule has 2 N–H and O–H groups in total. The van der Waals surface area contributed by atoms with Gasteiger partial charge in [-0.3, -0.25) is 14.6 Å². The average molecular weight is 594 g/mol. The Morgan fingerprint density at radius 1 is 1.00 bits per heavy atom. The highest BCUT2D eigenvalue weighted by molar-refractivity contribution is 6.33. The van der Waals surface area contributed by atoms with Crippen LogP contribution in [0.5, 0.6) is 0 Å². The van der Waals surface area contributed by atoms with Gasteiger partial charge in [-0.05, 0) is 67.7 Å². The highest BCUT2D eigenvalue weighted by atomic mass is 35.5. The summed E-state index contributed by atoms with van der Waals surface area (Å²) in [4.78, 5) is 28.1. The number of aromatic amines is 1. The van der Waals surface area contributed by atoms with Crippen molar-refractivity contribution in [1.82, 2.24) is 25.1 Å². The Bertz CT molecular complexity index is 1480. The van der Waals surface area contributed by atoms with E-state index >= 15 is 0 Å². The zero-order chi connectivity index (χ0) is 28.2. The summed E-state index contributed by atoms with van der Waals surface area (Å²) in [6.07, 6.45) is 6.79. The summed E-state index contributed by atoms with van der Waals surface area (Å²) in [5.41, 5.74) is 4.10. The van der Waals surface area contributed by atoms with Gasteiger partial charge in [0.05, 0.1) is 10.6 Å². The first kappa shape index (κ1) is 28.0. The molecule has 2 aromatic heterocycles. The molecule has 9 heteroatoms. The largest absolute Gasteiger partial charge is 0.361 e. The second kappa shape index (κ2) is 12.8. The molecule has 4 heterocycles. The number of pyridine rings is 1. The number of rotatable bonds is 8. The zero-order valence-electron chi connectivity index (χ0n) is 23.2. The van der Waals surface area contributed by atoms with Crippen LogP contribution in [-0.4, -0.2) is 77.5 Å². The monoisotopic (exact) mass is 592 g/mol. The number of fused-ring (bicyclic) bond motifs is 1. The van der Waals surface area contributed by atoms with Gasteiger partial charge in [-0.25, -0.2) is 4.98 Å². The number of H-pyrrole nitrogens is 1. The van der Waals surface area contributed by atoms with Crippen molar-refractivity contribution in [3.8, 4) is 0 Å². The second-order valence-electron chi connectivity index (χ2n) is 11.1. The molecule has 216 valence electrons. The lowest BCUT2D eigenvalue weighted by atomic mass is 10.0. The molecule has 2 aliphatic heterocycles. The summed E-state index contributed by atoms with van der Waals surface area (Å²) in [6, 6.07) is 18.8. The zero-order valence-corrected chi connectivity index (χ0v) is 24.7. The highest BCUT2D eigenvalue weighted by Crippen LogP contribution is 2.27. The predicted molar refractivity (Wildman–Crippen MR) is 169 cm³/mol. The maximum Gasteiger partial charge on any atom is 0.252 e. The van der Waals surface area contributed by atoms with E-state index in [4.69, 9.17) is 23.2 Å². The van der Waals surface area contributed by atoms with E-state index in [0.29, 0.717) is 23.2 Å². The molecule has 41 heavy (non-hydrogen) atoms. The Labute approximate surface area is 252 Å². The number of carbonyl (C=O) groups excluding carboxylic acids is 1. The van der Waals surface area contributed by atoms with Gasteiger partial charge in [0.15, 0.2) is 0 Å². The third kappa shape index (κ3) is 6.70. The molecule has 2 aromatic carbocycles. The number of likely N-dealkylation sites (tertiary alicyclic amines) is 1. The van der Waals surface area contributed by atoms with Crippen LogP contribution in [0.25, 0.3) is 10.9 Å². The number of hydrogen-bond donors (Lipinski definition) is 2. The van der Waals surface area contributed by atoms with Gasteiger partial charge in [0.25, 0.3) is 5.91 Å². The second-order valence-corrected chi connectivity index (χ2v) is 11.9. The first-order chi connectivity index (χ1) is 20.0. The van der Waals surface area contributed by atoms with Gasteiger partial charge < -0.3 is 15.2 Å². The first-order valence-corrected chi connectivity index (χ1v) is 15.2. The number of halogens is 2. The van der Waals surface area contributed by atoms with Crippen molar-refractivity contribution in [2.75, 3.05) is 50.7 Å². The molecule has 6 rings (SSSR count). The van der Waals surface area contributed by atoms with Crippen LogP contribution >= 0.6 is 23.2 Å². The van der Waals surface area contributed by atoms with E-state index in [1.165, 1.54) is 29.4 Å². The fraction of sp³-hybridized carbons (Fsp3) is 0.375. The van der Waals surface area contributed by atoms with E-state index in [-0.39, 0.29) is 7.33 Å². The molecule has 1 amide bonds. The van der Waals surface area contributed by atoms with Crippen molar-refractivity contribution >= 4 is 45.8 Å². The van der Waals surface area contributed by atoms with Crippen molar-refractivity contribution in [3.63, 3.8) is 0 Å². The third-order valence-electron chi connectivity index (χ3n) is 8.45. The maximum atomic E-state index is 12.8. The van der Waals surface area contributed by atoms with Crippen LogP contribution in [0.1, 0.15) is 35.8 Å². The van der Waals surface area contributed by atoms with Crippen molar-refractivity contribution in [1.29, 1.82) is 0 Å². The van der Waals surface area contributed by atoms with Gasteiger partial charge in [0, 0.05) is 75.1 Å². The van der Waals surface area contributed by atoms with Crippen LogP contribution in [-0.2, 0) is 13.0 Å². The van der Waals surface area contributed by atoms with Crippen LogP contribution in [0.3, 0.4) is 0 Å². The number of nitrogens with zero attached hydrogens (tertiary/aromatic N) is 4. The SMILES string of the molecule is O=C(NCCc1c[nH]c2ccccc12)c1cnc(N2CCN(C3CCN(Cc4ccc(Cl)cc4)CC3)CC2)c(Cl)c1.[HH]. The number of hydrogen-bond acceptors (Lipinski definition) is 5. The molecule has 7 nitrogen and oxygen atoms in total. The van der Waals surface area contributed by atoms with E-state index in [1.54, 1.807) is 12.3 Å². The van der Waals surface area contributed by atoms with Crippen molar-refractivity contribution in [2.24, 2.45) is 0 Å². The van der Waals surface area contributed by atoms with Gasteiger partial charge in [-0.1, -0.05) is 53.5 Å². The van der Waals surface area contributed by atoms with Gasteiger partial charge in [-0.2, -0.15) is 0 Å². The summed E-state index contributed by atoms with van der Waals surface area (Å²) in [7, 11) is 0. The predicted octanol–water partition coefficient (Wildman–Crippen LogP) is 5.87. The highest BCUT2D eigenvalue weighted by Gasteiger charge is 2.28. The van der Waals surface area contributed by atoms with Crippen LogP contribution in [0.2, 0.25) is 10.0 Å². The number of aromatic nitrogens is 2. The molecule has 2 fully saturated rings. The van der Waals surface area contributed by atoms with E-state index in [2.05, 4.69) is 54.2 Å². The minimum atomic E-state index is -0.155. The quantitative estimate of drug-likeness (QED) is 0.267. The summed E-state index contributed by atoms with van der Waals surface area (Å²) in [5, 5.41) is 5.51. The molecule has 0 spiro atoms. The number of nitrogens with one attached hydrogen (secondary N) is 2. The lowest BCUT2D eigenvalue weighted by Gasteiger charge is -2.43. The molecule has 2 saturated heterocycles. The van der Waals surface area contributed by atoms with E-state index in [9.17, 15) is 4.79 Å². The Kier molecular flexibility index (Phi) is 8.77. The molecular formula is C32H38Cl2N6O. The summed E-state index contributed by atoms with van der Waals surface area (Å²) < 4.78 is 0. The Morgan fingerprint density at radius 2 is 1.76 bits per heavy atom. The number of amides is 1. The van der Waals surface area contributed by atoms with Crippen LogP contribution in [0.4, 0.5) is 5.82 Å². The fourth-order valence-electron chi connectivity index (χ4n) is 6.13.